The number of rotatable bonds is 7. The van der Waals surface area contributed by atoms with Gasteiger partial charge in [0.1, 0.15) is 11.3 Å². The Bertz CT molecular complexity index is 1110. The number of anilines is 2. The Morgan fingerprint density at radius 2 is 1.74 bits per heavy atom. The highest BCUT2D eigenvalue weighted by atomic mass is 19.4. The van der Waals surface area contributed by atoms with Crippen molar-refractivity contribution < 1.29 is 22.8 Å². The molecule has 2 aliphatic rings. The molecule has 1 aromatic carbocycles. The number of benzene rings is 1. The van der Waals surface area contributed by atoms with Crippen LogP contribution < -0.4 is 15.0 Å². The number of nitrogens with one attached hydrogen (secondary N) is 1. The summed E-state index contributed by atoms with van der Waals surface area (Å²) in [7, 11) is 0. The number of nitro groups is 1. The Hall–Kier alpha value is -3.08. The molecule has 11 heteroatoms. The SMILES string of the molecule is CC(C)(C)CN1CCN(c2cncc(OC3CCC(Nc4ccc([N+](=O)[O-])c(C(F)(F)F)c4)CC3)c2)CC1. The Morgan fingerprint density at radius 1 is 1.05 bits per heavy atom. The maximum Gasteiger partial charge on any atom is 0.423 e. The van der Waals surface area contributed by atoms with Crippen LogP contribution in [0.4, 0.5) is 30.2 Å². The molecule has 1 aromatic heterocycles. The van der Waals surface area contributed by atoms with Crippen LogP contribution in [-0.4, -0.2) is 59.7 Å². The molecule has 1 saturated heterocycles. The number of halogens is 3. The average molecular weight is 536 g/mol. The van der Waals surface area contributed by atoms with Crippen molar-refractivity contribution in [3.05, 3.63) is 52.3 Å². The van der Waals surface area contributed by atoms with Gasteiger partial charge in [-0.05, 0) is 43.2 Å². The molecular weight excluding hydrogens is 499 g/mol. The van der Waals surface area contributed by atoms with Crippen LogP contribution in [-0.2, 0) is 6.18 Å². The van der Waals surface area contributed by atoms with E-state index >= 15 is 0 Å². The van der Waals surface area contributed by atoms with Crippen LogP contribution in [0.1, 0.15) is 52.0 Å². The van der Waals surface area contributed by atoms with Crippen LogP contribution in [0.15, 0.2) is 36.7 Å². The molecule has 1 aliphatic heterocycles. The fourth-order valence-electron chi connectivity index (χ4n) is 5.25. The van der Waals surface area contributed by atoms with Gasteiger partial charge in [0.2, 0.25) is 0 Å². The fourth-order valence-corrected chi connectivity index (χ4v) is 5.25. The highest BCUT2D eigenvalue weighted by Crippen LogP contribution is 2.38. The smallest absolute Gasteiger partial charge is 0.423 e. The lowest BCUT2D eigenvalue weighted by Crippen LogP contribution is -2.48. The quantitative estimate of drug-likeness (QED) is 0.345. The number of ether oxygens (including phenoxy) is 1. The van der Waals surface area contributed by atoms with E-state index in [1.165, 1.54) is 6.07 Å². The molecule has 0 unspecified atom stereocenters. The Balaban J connectivity index is 1.28. The zero-order chi connectivity index (χ0) is 27.5. The van der Waals surface area contributed by atoms with E-state index in [1.54, 1.807) is 6.20 Å². The summed E-state index contributed by atoms with van der Waals surface area (Å²) >= 11 is 0. The number of pyridine rings is 1. The van der Waals surface area contributed by atoms with Crippen LogP contribution in [0.5, 0.6) is 5.75 Å². The molecule has 0 amide bonds. The lowest BCUT2D eigenvalue weighted by Gasteiger charge is -2.38. The van der Waals surface area contributed by atoms with Gasteiger partial charge >= 0.3 is 6.18 Å². The maximum atomic E-state index is 13.3. The lowest BCUT2D eigenvalue weighted by molar-refractivity contribution is -0.388. The highest BCUT2D eigenvalue weighted by Gasteiger charge is 2.38. The van der Waals surface area contributed by atoms with Crippen molar-refractivity contribution in [1.29, 1.82) is 0 Å². The molecular formula is C27H36F3N5O3. The van der Waals surface area contributed by atoms with Crippen molar-refractivity contribution in [2.45, 2.75) is 64.8 Å². The molecule has 4 rings (SSSR count). The molecule has 2 aromatic rings. The van der Waals surface area contributed by atoms with Gasteiger partial charge in [-0.15, -0.1) is 0 Å². The van der Waals surface area contributed by atoms with Crippen LogP contribution >= 0.6 is 0 Å². The van der Waals surface area contributed by atoms with E-state index in [4.69, 9.17) is 4.74 Å². The minimum absolute atomic E-state index is 0.00340. The number of nitrogens with zero attached hydrogens (tertiary/aromatic N) is 4. The van der Waals surface area contributed by atoms with Gasteiger partial charge in [0, 0.05) is 56.6 Å². The first-order chi connectivity index (χ1) is 17.9. The third kappa shape index (κ3) is 7.49. The third-order valence-electron chi connectivity index (χ3n) is 6.98. The summed E-state index contributed by atoms with van der Waals surface area (Å²) in [4.78, 5) is 19.2. The second-order valence-electron chi connectivity index (χ2n) is 11.4. The first-order valence-corrected chi connectivity index (χ1v) is 13.1. The van der Waals surface area contributed by atoms with E-state index in [2.05, 4.69) is 40.9 Å². The van der Waals surface area contributed by atoms with Gasteiger partial charge in [0.25, 0.3) is 5.69 Å². The zero-order valence-electron chi connectivity index (χ0n) is 22.1. The topological polar surface area (TPSA) is 83.8 Å². The summed E-state index contributed by atoms with van der Waals surface area (Å²) in [5.74, 6) is 0.723. The van der Waals surface area contributed by atoms with Gasteiger partial charge in [-0.2, -0.15) is 13.2 Å². The van der Waals surface area contributed by atoms with E-state index in [9.17, 15) is 23.3 Å². The molecule has 0 atom stereocenters. The van der Waals surface area contributed by atoms with Crippen molar-refractivity contribution in [3.63, 3.8) is 0 Å². The number of hydrogen-bond acceptors (Lipinski definition) is 7. The molecule has 1 saturated carbocycles. The first kappa shape index (κ1) is 27.9. The fraction of sp³-hybridized carbons (Fsp3) is 0.593. The van der Waals surface area contributed by atoms with Gasteiger partial charge in [-0.1, -0.05) is 20.8 Å². The number of nitro benzene ring substituents is 1. The standard InChI is InChI=1S/C27H36F3N5O3/c1-26(2,3)18-33-10-12-34(13-11-33)21-15-23(17-31-16-21)38-22-7-4-19(5-8-22)32-20-6-9-25(35(36)37)24(14-20)27(28,29)30/h6,9,14-17,19,22,32H,4-5,7-8,10-13,18H2,1-3H3. The Morgan fingerprint density at radius 3 is 2.34 bits per heavy atom. The second kappa shape index (κ2) is 11.3. The van der Waals surface area contributed by atoms with Gasteiger partial charge in [0.15, 0.2) is 0 Å². The van der Waals surface area contributed by atoms with Crippen LogP contribution in [0.25, 0.3) is 0 Å². The lowest BCUT2D eigenvalue weighted by atomic mass is 9.92. The molecule has 1 N–H and O–H groups in total. The van der Waals surface area contributed by atoms with Gasteiger partial charge in [0.05, 0.1) is 29.1 Å². The van der Waals surface area contributed by atoms with E-state index < -0.39 is 22.4 Å². The van der Waals surface area contributed by atoms with Crippen molar-refractivity contribution in [1.82, 2.24) is 9.88 Å². The van der Waals surface area contributed by atoms with Crippen LogP contribution in [0, 0.1) is 15.5 Å². The van der Waals surface area contributed by atoms with Crippen molar-refractivity contribution >= 4 is 17.1 Å². The van der Waals surface area contributed by atoms with E-state index in [0.29, 0.717) is 12.8 Å². The number of aromatic nitrogens is 1. The molecule has 0 spiro atoms. The van der Waals surface area contributed by atoms with Gasteiger partial charge < -0.3 is 15.0 Å². The number of piperazine rings is 1. The largest absolute Gasteiger partial charge is 0.489 e. The first-order valence-electron chi connectivity index (χ1n) is 13.1. The summed E-state index contributed by atoms with van der Waals surface area (Å²) in [6.07, 6.45) is 1.70. The molecule has 2 heterocycles. The Labute approximate surface area is 221 Å². The predicted octanol–water partition coefficient (Wildman–Crippen LogP) is 5.98. The average Bonchev–Trinajstić information content (AvgIpc) is 2.84. The summed E-state index contributed by atoms with van der Waals surface area (Å²) in [6.45, 7) is 11.8. The predicted molar refractivity (Wildman–Crippen MR) is 141 cm³/mol. The monoisotopic (exact) mass is 535 g/mol. The van der Waals surface area contributed by atoms with Crippen LogP contribution in [0.2, 0.25) is 0 Å². The number of alkyl halides is 3. The van der Waals surface area contributed by atoms with Crippen molar-refractivity contribution in [3.8, 4) is 5.75 Å². The normalized spacial score (nSPS) is 21.3. The zero-order valence-corrected chi connectivity index (χ0v) is 22.1. The minimum Gasteiger partial charge on any atom is -0.489 e. The molecule has 38 heavy (non-hydrogen) atoms. The van der Waals surface area contributed by atoms with E-state index in [0.717, 1.165) is 69.1 Å². The Kier molecular flexibility index (Phi) is 8.34. The summed E-state index contributed by atoms with van der Waals surface area (Å²) < 4.78 is 46.1. The summed E-state index contributed by atoms with van der Waals surface area (Å²) in [6, 6.07) is 5.05. The van der Waals surface area contributed by atoms with Crippen molar-refractivity contribution in [2.75, 3.05) is 42.9 Å². The maximum absolute atomic E-state index is 13.3. The molecule has 8 nitrogen and oxygen atoms in total. The van der Waals surface area contributed by atoms with Gasteiger partial charge in [-0.25, -0.2) is 0 Å². The molecule has 208 valence electrons. The molecule has 0 bridgehead atoms. The second-order valence-corrected chi connectivity index (χ2v) is 11.4. The highest BCUT2D eigenvalue weighted by molar-refractivity contribution is 5.55. The molecule has 2 fully saturated rings. The van der Waals surface area contributed by atoms with Crippen molar-refractivity contribution in [2.24, 2.45) is 5.41 Å². The molecule has 0 radical (unpaired) electrons. The number of hydrogen-bond donors (Lipinski definition) is 1. The van der Waals surface area contributed by atoms with Gasteiger partial charge in [-0.3, -0.25) is 20.0 Å². The van der Waals surface area contributed by atoms with E-state index in [-0.39, 0.29) is 23.2 Å². The van der Waals surface area contributed by atoms with E-state index in [1.807, 2.05) is 12.3 Å². The molecule has 1 aliphatic carbocycles. The third-order valence-corrected chi connectivity index (χ3v) is 6.98. The summed E-state index contributed by atoms with van der Waals surface area (Å²) in [5, 5.41) is 14.1. The minimum atomic E-state index is -4.80. The summed E-state index contributed by atoms with van der Waals surface area (Å²) in [5.41, 5.74) is -0.631. The van der Waals surface area contributed by atoms with Crippen LogP contribution in [0.3, 0.4) is 0 Å².